The first-order valence-corrected chi connectivity index (χ1v) is 6.66. The molecule has 0 unspecified atom stereocenters. The molecular formula is C14H22N2O4. The van der Waals surface area contributed by atoms with Gasteiger partial charge in [-0.2, -0.15) is 0 Å². The zero-order valence-corrected chi connectivity index (χ0v) is 12.4. The van der Waals surface area contributed by atoms with Gasteiger partial charge in [-0.15, -0.1) is 0 Å². The van der Waals surface area contributed by atoms with Gasteiger partial charge in [0.1, 0.15) is 17.1 Å². The van der Waals surface area contributed by atoms with Crippen molar-refractivity contribution in [3.63, 3.8) is 0 Å². The van der Waals surface area contributed by atoms with Gasteiger partial charge in [0.15, 0.2) is 0 Å². The summed E-state index contributed by atoms with van der Waals surface area (Å²) < 4.78 is 5.40. The monoisotopic (exact) mass is 282 g/mol. The number of aliphatic carboxylic acids is 1. The van der Waals surface area contributed by atoms with Crippen molar-refractivity contribution in [3.05, 3.63) is 23.7 Å². The Morgan fingerprint density at radius 3 is 2.35 bits per heavy atom. The lowest BCUT2D eigenvalue weighted by Gasteiger charge is -2.30. The number of amides is 2. The molecule has 0 bridgehead atoms. The van der Waals surface area contributed by atoms with Gasteiger partial charge in [-0.1, -0.05) is 13.8 Å². The number of aryl methyl sites for hydroxylation is 1. The van der Waals surface area contributed by atoms with E-state index < -0.39 is 17.5 Å². The minimum absolute atomic E-state index is 0.294. The van der Waals surface area contributed by atoms with Gasteiger partial charge in [0, 0.05) is 7.05 Å². The number of hydrogen-bond acceptors (Lipinski definition) is 3. The summed E-state index contributed by atoms with van der Waals surface area (Å²) in [7, 11) is 1.60. The van der Waals surface area contributed by atoms with E-state index in [9.17, 15) is 14.7 Å². The van der Waals surface area contributed by atoms with Crippen LogP contribution in [0.2, 0.25) is 0 Å². The van der Waals surface area contributed by atoms with Crippen LogP contribution in [0, 0.1) is 6.92 Å². The third-order valence-corrected chi connectivity index (χ3v) is 3.50. The van der Waals surface area contributed by atoms with Crippen molar-refractivity contribution in [3.8, 4) is 0 Å². The maximum atomic E-state index is 12.1. The largest absolute Gasteiger partial charge is 0.480 e. The lowest BCUT2D eigenvalue weighted by molar-refractivity contribution is -0.144. The van der Waals surface area contributed by atoms with E-state index in [1.807, 2.05) is 13.0 Å². The standard InChI is InChI=1S/C14H22N2O4/c1-5-14(6-2,12(17)18)15-13(19)16(4)9-11-8-7-10(3)20-11/h7-8H,5-6,9H2,1-4H3,(H,15,19)(H,17,18). The van der Waals surface area contributed by atoms with E-state index in [2.05, 4.69) is 5.32 Å². The zero-order valence-electron chi connectivity index (χ0n) is 12.4. The minimum atomic E-state index is -1.22. The molecule has 0 fully saturated rings. The van der Waals surface area contributed by atoms with Gasteiger partial charge in [0.05, 0.1) is 6.54 Å². The fraction of sp³-hybridized carbons (Fsp3) is 0.571. The summed E-state index contributed by atoms with van der Waals surface area (Å²) in [4.78, 5) is 24.9. The summed E-state index contributed by atoms with van der Waals surface area (Å²) in [6, 6.07) is 3.19. The van der Waals surface area contributed by atoms with Crippen molar-refractivity contribution in [1.82, 2.24) is 10.2 Å². The number of carboxylic acid groups (broad SMARTS) is 1. The maximum absolute atomic E-state index is 12.1. The van der Waals surface area contributed by atoms with Gasteiger partial charge in [0.25, 0.3) is 0 Å². The lowest BCUT2D eigenvalue weighted by Crippen LogP contribution is -2.56. The normalized spacial score (nSPS) is 11.2. The van der Waals surface area contributed by atoms with Gasteiger partial charge >= 0.3 is 12.0 Å². The van der Waals surface area contributed by atoms with Crippen LogP contribution in [-0.2, 0) is 11.3 Å². The van der Waals surface area contributed by atoms with E-state index in [0.717, 1.165) is 5.76 Å². The molecule has 0 saturated heterocycles. The van der Waals surface area contributed by atoms with Crippen molar-refractivity contribution in [1.29, 1.82) is 0 Å². The van der Waals surface area contributed by atoms with Crippen LogP contribution in [0.25, 0.3) is 0 Å². The molecule has 20 heavy (non-hydrogen) atoms. The third-order valence-electron chi connectivity index (χ3n) is 3.50. The second-order valence-electron chi connectivity index (χ2n) is 4.89. The van der Waals surface area contributed by atoms with Crippen LogP contribution in [0.1, 0.15) is 38.2 Å². The molecule has 0 saturated carbocycles. The van der Waals surface area contributed by atoms with Gasteiger partial charge < -0.3 is 19.7 Å². The van der Waals surface area contributed by atoms with E-state index in [0.29, 0.717) is 25.1 Å². The number of carbonyl (C=O) groups excluding carboxylic acids is 1. The average Bonchev–Trinajstić information content (AvgIpc) is 2.80. The quantitative estimate of drug-likeness (QED) is 0.839. The third kappa shape index (κ3) is 3.53. The smallest absolute Gasteiger partial charge is 0.329 e. The molecule has 0 radical (unpaired) electrons. The molecule has 6 heteroatoms. The molecule has 0 aliphatic heterocycles. The Morgan fingerprint density at radius 1 is 1.35 bits per heavy atom. The number of urea groups is 1. The van der Waals surface area contributed by atoms with Crippen LogP contribution in [0.5, 0.6) is 0 Å². The van der Waals surface area contributed by atoms with E-state index in [-0.39, 0.29) is 0 Å². The fourth-order valence-electron chi connectivity index (χ4n) is 1.96. The second kappa shape index (κ2) is 6.45. The van der Waals surface area contributed by atoms with Crippen LogP contribution < -0.4 is 5.32 Å². The van der Waals surface area contributed by atoms with Crippen LogP contribution >= 0.6 is 0 Å². The van der Waals surface area contributed by atoms with Crippen molar-refractivity contribution in [2.45, 2.75) is 45.7 Å². The topological polar surface area (TPSA) is 82.8 Å². The van der Waals surface area contributed by atoms with Crippen LogP contribution in [-0.4, -0.2) is 34.6 Å². The Kier molecular flexibility index (Phi) is 5.19. The number of hydrogen-bond donors (Lipinski definition) is 2. The summed E-state index contributed by atoms with van der Waals surface area (Å²) in [5.74, 6) is 0.419. The number of nitrogens with zero attached hydrogens (tertiary/aromatic N) is 1. The molecule has 1 heterocycles. The van der Waals surface area contributed by atoms with Crippen molar-refractivity contribution in [2.75, 3.05) is 7.05 Å². The highest BCUT2D eigenvalue weighted by Gasteiger charge is 2.37. The lowest BCUT2D eigenvalue weighted by atomic mass is 9.93. The molecule has 6 nitrogen and oxygen atoms in total. The predicted molar refractivity (Wildman–Crippen MR) is 74.4 cm³/mol. The SMILES string of the molecule is CCC(CC)(NC(=O)N(C)Cc1ccc(C)o1)C(=O)O. The van der Waals surface area contributed by atoms with E-state index in [1.54, 1.807) is 27.0 Å². The summed E-state index contributed by atoms with van der Waals surface area (Å²) >= 11 is 0. The Bertz CT molecular complexity index is 477. The predicted octanol–water partition coefficient (Wildman–Crippen LogP) is 2.37. The van der Waals surface area contributed by atoms with Crippen LogP contribution in [0.4, 0.5) is 4.79 Å². The highest BCUT2D eigenvalue weighted by Crippen LogP contribution is 2.16. The molecule has 2 amide bonds. The first-order chi connectivity index (χ1) is 9.34. The zero-order chi connectivity index (χ0) is 15.3. The molecule has 0 aliphatic rings. The van der Waals surface area contributed by atoms with E-state index in [4.69, 9.17) is 4.42 Å². The molecule has 2 N–H and O–H groups in total. The molecule has 1 aromatic heterocycles. The van der Waals surface area contributed by atoms with Gasteiger partial charge in [-0.25, -0.2) is 9.59 Å². The first kappa shape index (κ1) is 16.1. The molecular weight excluding hydrogens is 260 g/mol. The molecule has 0 spiro atoms. The van der Waals surface area contributed by atoms with E-state index in [1.165, 1.54) is 4.90 Å². The Labute approximate surface area is 118 Å². The molecule has 1 aromatic rings. The Balaban J connectivity index is 2.71. The maximum Gasteiger partial charge on any atom is 0.329 e. The average molecular weight is 282 g/mol. The Hall–Kier alpha value is -1.98. The molecule has 0 aromatic carbocycles. The summed E-state index contributed by atoms with van der Waals surface area (Å²) in [6.45, 7) is 5.61. The summed E-state index contributed by atoms with van der Waals surface area (Å²) in [5, 5.41) is 11.9. The van der Waals surface area contributed by atoms with E-state index >= 15 is 0 Å². The number of carboxylic acids is 1. The van der Waals surface area contributed by atoms with Crippen LogP contribution in [0.3, 0.4) is 0 Å². The number of rotatable bonds is 6. The molecule has 0 atom stereocenters. The first-order valence-electron chi connectivity index (χ1n) is 6.66. The van der Waals surface area contributed by atoms with Gasteiger partial charge in [0.2, 0.25) is 0 Å². The highest BCUT2D eigenvalue weighted by atomic mass is 16.4. The molecule has 0 aliphatic carbocycles. The number of nitrogens with one attached hydrogen (secondary N) is 1. The highest BCUT2D eigenvalue weighted by molar-refractivity contribution is 5.86. The van der Waals surface area contributed by atoms with Crippen molar-refractivity contribution < 1.29 is 19.1 Å². The Morgan fingerprint density at radius 2 is 1.95 bits per heavy atom. The summed E-state index contributed by atoms with van der Waals surface area (Å²) in [6.07, 6.45) is 0.663. The van der Waals surface area contributed by atoms with Gasteiger partial charge in [-0.05, 0) is 31.9 Å². The molecule has 1 rings (SSSR count). The van der Waals surface area contributed by atoms with Crippen molar-refractivity contribution in [2.24, 2.45) is 0 Å². The number of carbonyl (C=O) groups is 2. The second-order valence-corrected chi connectivity index (χ2v) is 4.89. The fourth-order valence-corrected chi connectivity index (χ4v) is 1.96. The number of furan rings is 1. The minimum Gasteiger partial charge on any atom is -0.480 e. The molecule has 112 valence electrons. The van der Waals surface area contributed by atoms with Gasteiger partial charge in [-0.3, -0.25) is 0 Å². The van der Waals surface area contributed by atoms with Crippen LogP contribution in [0.15, 0.2) is 16.5 Å². The van der Waals surface area contributed by atoms with Crippen molar-refractivity contribution >= 4 is 12.0 Å². The summed E-state index contributed by atoms with van der Waals surface area (Å²) in [5.41, 5.74) is -1.22.